The number of benzene rings is 1. The van der Waals surface area contributed by atoms with Gasteiger partial charge >= 0.3 is 0 Å². The summed E-state index contributed by atoms with van der Waals surface area (Å²) in [5.41, 5.74) is 5.43. The number of pyridine rings is 1. The Morgan fingerprint density at radius 2 is 1.90 bits per heavy atom. The normalized spacial score (nSPS) is 13.9. The lowest BCUT2D eigenvalue weighted by atomic mass is 10.1. The summed E-state index contributed by atoms with van der Waals surface area (Å²) in [4.78, 5) is 26.5. The quantitative estimate of drug-likeness (QED) is 0.566. The summed E-state index contributed by atoms with van der Waals surface area (Å²) < 4.78 is 5.53. The second-order valence-electron chi connectivity index (χ2n) is 7.58. The predicted molar refractivity (Wildman–Crippen MR) is 113 cm³/mol. The second kappa shape index (κ2) is 7.68. The number of hydrogen-bond acceptors (Lipinski definition) is 6. The number of aromatic amines is 1. The number of aromatic nitrogens is 4. The molecule has 1 aromatic carbocycles. The van der Waals surface area contributed by atoms with E-state index in [1.807, 2.05) is 30.3 Å². The number of H-pyrrole nitrogens is 1. The number of aryl methyl sites for hydroxylation is 1. The van der Waals surface area contributed by atoms with Gasteiger partial charge < -0.3 is 9.51 Å². The average molecular weight is 399 g/mol. The number of hydrogen-bond donors (Lipinski definition) is 1. The Morgan fingerprint density at radius 3 is 2.70 bits per heavy atom. The van der Waals surface area contributed by atoms with Gasteiger partial charge in [-0.1, -0.05) is 35.0 Å². The van der Waals surface area contributed by atoms with Crippen LogP contribution in [0.3, 0.4) is 0 Å². The Balaban J connectivity index is 1.33. The molecule has 0 bridgehead atoms. The summed E-state index contributed by atoms with van der Waals surface area (Å²) in [6, 6.07) is 13.8. The summed E-state index contributed by atoms with van der Waals surface area (Å²) >= 11 is 0. The molecule has 3 aromatic heterocycles. The lowest BCUT2D eigenvalue weighted by Gasteiger charge is -2.26. The molecule has 0 spiro atoms. The first-order valence-electron chi connectivity index (χ1n) is 9.93. The lowest BCUT2D eigenvalue weighted by Crippen LogP contribution is -2.35. The molecule has 0 aliphatic carbocycles. The maximum atomic E-state index is 12.7. The van der Waals surface area contributed by atoms with Crippen LogP contribution in [0.4, 0.5) is 0 Å². The molecule has 0 saturated carbocycles. The van der Waals surface area contributed by atoms with E-state index in [-0.39, 0.29) is 5.56 Å². The number of fused-ring (bicyclic) bond motifs is 1. The zero-order chi connectivity index (χ0) is 20.5. The Labute approximate surface area is 173 Å². The van der Waals surface area contributed by atoms with Crippen molar-refractivity contribution >= 4 is 0 Å². The van der Waals surface area contributed by atoms with Crippen LogP contribution in [0.2, 0.25) is 0 Å². The van der Waals surface area contributed by atoms with Gasteiger partial charge in [-0.15, -0.1) is 0 Å². The molecule has 5 rings (SSSR count). The summed E-state index contributed by atoms with van der Waals surface area (Å²) in [6.07, 6.45) is 4.11. The molecule has 0 radical (unpaired) electrons. The zero-order valence-corrected chi connectivity index (χ0v) is 16.6. The molecular formula is C23H21N5O2. The molecule has 150 valence electrons. The fourth-order valence-electron chi connectivity index (χ4n) is 3.73. The molecule has 0 fully saturated rings. The standard InChI is InChI=1S/C23H21N5O2/c1-15-2-4-16(5-3-15)21-12-18(27-30-21)13-28-11-8-20-19(14-28)23(29)26-22(25-20)17-6-9-24-10-7-17/h2-7,9-10,12H,8,11,13-14H2,1H3,(H,25,26,29). The van der Waals surface area contributed by atoms with Gasteiger partial charge in [-0.3, -0.25) is 14.7 Å². The Hall–Kier alpha value is -3.58. The molecular weight excluding hydrogens is 378 g/mol. The van der Waals surface area contributed by atoms with Crippen LogP contribution in [0.25, 0.3) is 22.7 Å². The minimum absolute atomic E-state index is 0.0861. The SMILES string of the molecule is Cc1ccc(-c2cc(CN3CCc4nc(-c5ccncc5)[nH]c(=O)c4C3)no2)cc1. The van der Waals surface area contributed by atoms with Crippen molar-refractivity contribution in [2.75, 3.05) is 6.54 Å². The maximum absolute atomic E-state index is 12.7. The molecule has 1 N–H and O–H groups in total. The number of rotatable bonds is 4. The molecule has 0 atom stereocenters. The molecule has 7 nitrogen and oxygen atoms in total. The van der Waals surface area contributed by atoms with Crippen molar-refractivity contribution in [3.63, 3.8) is 0 Å². The van der Waals surface area contributed by atoms with Gasteiger partial charge in [0.15, 0.2) is 5.76 Å². The highest BCUT2D eigenvalue weighted by Crippen LogP contribution is 2.23. The lowest BCUT2D eigenvalue weighted by molar-refractivity contribution is 0.234. The van der Waals surface area contributed by atoms with E-state index in [1.54, 1.807) is 12.4 Å². The fourth-order valence-corrected chi connectivity index (χ4v) is 3.73. The van der Waals surface area contributed by atoms with Gasteiger partial charge in [0.2, 0.25) is 0 Å². The van der Waals surface area contributed by atoms with E-state index < -0.39 is 0 Å². The minimum atomic E-state index is -0.0861. The molecule has 30 heavy (non-hydrogen) atoms. The zero-order valence-electron chi connectivity index (χ0n) is 16.6. The van der Waals surface area contributed by atoms with E-state index in [2.05, 4.69) is 39.1 Å². The Morgan fingerprint density at radius 1 is 1.10 bits per heavy atom. The van der Waals surface area contributed by atoms with Gasteiger partial charge in [-0.2, -0.15) is 0 Å². The summed E-state index contributed by atoms with van der Waals surface area (Å²) in [5.74, 6) is 1.35. The summed E-state index contributed by atoms with van der Waals surface area (Å²) in [7, 11) is 0. The Kier molecular flexibility index (Phi) is 4.72. The van der Waals surface area contributed by atoms with Crippen molar-refractivity contribution in [2.45, 2.75) is 26.4 Å². The second-order valence-corrected chi connectivity index (χ2v) is 7.58. The van der Waals surface area contributed by atoms with E-state index in [0.717, 1.165) is 46.8 Å². The van der Waals surface area contributed by atoms with Gasteiger partial charge in [0.25, 0.3) is 5.56 Å². The van der Waals surface area contributed by atoms with Gasteiger partial charge in [-0.25, -0.2) is 4.98 Å². The summed E-state index contributed by atoms with van der Waals surface area (Å²) in [5, 5.41) is 4.22. The van der Waals surface area contributed by atoms with Crippen molar-refractivity contribution in [3.8, 4) is 22.7 Å². The summed E-state index contributed by atoms with van der Waals surface area (Å²) in [6.45, 7) is 4.04. The van der Waals surface area contributed by atoms with Crippen molar-refractivity contribution in [1.82, 2.24) is 25.0 Å². The highest BCUT2D eigenvalue weighted by Gasteiger charge is 2.22. The van der Waals surface area contributed by atoms with Crippen molar-refractivity contribution in [2.24, 2.45) is 0 Å². The van der Waals surface area contributed by atoms with E-state index in [1.165, 1.54) is 5.56 Å². The maximum Gasteiger partial charge on any atom is 0.255 e. The fraction of sp³-hybridized carbons (Fsp3) is 0.217. The van der Waals surface area contributed by atoms with Gasteiger partial charge in [0.05, 0.1) is 17.0 Å². The topological polar surface area (TPSA) is 87.9 Å². The number of nitrogens with zero attached hydrogens (tertiary/aromatic N) is 4. The van der Waals surface area contributed by atoms with Gasteiger partial charge in [0, 0.05) is 55.6 Å². The first-order chi connectivity index (χ1) is 14.7. The van der Waals surface area contributed by atoms with Crippen molar-refractivity contribution < 1.29 is 4.52 Å². The highest BCUT2D eigenvalue weighted by atomic mass is 16.5. The molecule has 4 heterocycles. The smallest absolute Gasteiger partial charge is 0.255 e. The van der Waals surface area contributed by atoms with Crippen molar-refractivity contribution in [1.29, 1.82) is 0 Å². The van der Waals surface area contributed by atoms with E-state index in [4.69, 9.17) is 9.51 Å². The monoisotopic (exact) mass is 399 g/mol. The van der Waals surface area contributed by atoms with Crippen LogP contribution in [0.1, 0.15) is 22.5 Å². The molecule has 1 aliphatic rings. The third kappa shape index (κ3) is 3.67. The highest BCUT2D eigenvalue weighted by molar-refractivity contribution is 5.57. The van der Waals surface area contributed by atoms with Gasteiger partial charge in [0.1, 0.15) is 5.82 Å². The third-order valence-corrected chi connectivity index (χ3v) is 5.38. The molecule has 0 saturated heterocycles. The van der Waals surface area contributed by atoms with Crippen LogP contribution in [-0.2, 0) is 19.5 Å². The van der Waals surface area contributed by atoms with Crippen LogP contribution >= 0.6 is 0 Å². The average Bonchev–Trinajstić information content (AvgIpc) is 3.23. The largest absolute Gasteiger partial charge is 0.356 e. The van der Waals surface area contributed by atoms with E-state index in [0.29, 0.717) is 18.9 Å². The third-order valence-electron chi connectivity index (χ3n) is 5.38. The first kappa shape index (κ1) is 18.4. The van der Waals surface area contributed by atoms with Crippen LogP contribution in [0.5, 0.6) is 0 Å². The van der Waals surface area contributed by atoms with Crippen LogP contribution in [-0.4, -0.2) is 31.6 Å². The predicted octanol–water partition coefficient (Wildman–Crippen LogP) is 3.35. The van der Waals surface area contributed by atoms with E-state index >= 15 is 0 Å². The minimum Gasteiger partial charge on any atom is -0.356 e. The van der Waals surface area contributed by atoms with E-state index in [9.17, 15) is 4.79 Å². The van der Waals surface area contributed by atoms with Gasteiger partial charge in [-0.05, 0) is 19.1 Å². The molecule has 1 aliphatic heterocycles. The van der Waals surface area contributed by atoms with Crippen LogP contribution < -0.4 is 5.56 Å². The molecule has 0 unspecified atom stereocenters. The molecule has 0 amide bonds. The van der Waals surface area contributed by atoms with Crippen LogP contribution in [0.15, 0.2) is 64.2 Å². The molecule has 4 aromatic rings. The Bertz CT molecular complexity index is 1230. The van der Waals surface area contributed by atoms with Crippen molar-refractivity contribution in [3.05, 3.63) is 87.7 Å². The molecule has 7 heteroatoms. The first-order valence-corrected chi connectivity index (χ1v) is 9.93. The number of nitrogens with one attached hydrogen (secondary N) is 1. The van der Waals surface area contributed by atoms with Crippen LogP contribution in [0, 0.1) is 6.92 Å².